The van der Waals surface area contributed by atoms with Gasteiger partial charge >= 0.3 is 0 Å². The molecular weight excluding hydrogens is 655 g/mol. The molecule has 0 unspecified atom stereocenters. The number of rotatable bonds is 7. The average Bonchev–Trinajstić information content (AvgIpc) is 3.63. The highest BCUT2D eigenvalue weighted by Crippen LogP contribution is 2.47. The number of nitrogens with zero attached hydrogens (tertiary/aromatic N) is 1. The molecule has 2 heteroatoms. The van der Waals surface area contributed by atoms with Gasteiger partial charge in [-0.2, -0.15) is 0 Å². The third-order valence-electron chi connectivity index (χ3n) is 10.5. The van der Waals surface area contributed by atoms with Crippen molar-refractivity contribution in [1.82, 2.24) is 0 Å². The minimum Gasteiger partial charge on any atom is -0.455 e. The molecule has 54 heavy (non-hydrogen) atoms. The molecule has 10 aromatic rings. The second-order valence-corrected chi connectivity index (χ2v) is 13.7. The summed E-state index contributed by atoms with van der Waals surface area (Å²) in [5, 5.41) is 4.62. The monoisotopic (exact) mass is 689 g/mol. The van der Waals surface area contributed by atoms with Crippen LogP contribution in [-0.4, -0.2) is 0 Å². The third-order valence-corrected chi connectivity index (χ3v) is 10.5. The van der Waals surface area contributed by atoms with Crippen LogP contribution in [0.3, 0.4) is 0 Å². The molecule has 254 valence electrons. The Morgan fingerprint density at radius 3 is 1.37 bits per heavy atom. The Balaban J connectivity index is 1.15. The van der Waals surface area contributed by atoms with Gasteiger partial charge in [0.1, 0.15) is 11.2 Å². The summed E-state index contributed by atoms with van der Waals surface area (Å²) in [5.74, 6) is 0. The van der Waals surface area contributed by atoms with Crippen molar-refractivity contribution >= 4 is 49.8 Å². The summed E-state index contributed by atoms with van der Waals surface area (Å²) in [6.45, 7) is 0. The maximum Gasteiger partial charge on any atom is 0.145 e. The van der Waals surface area contributed by atoms with E-state index in [4.69, 9.17) is 4.42 Å². The summed E-state index contributed by atoms with van der Waals surface area (Å²) >= 11 is 0. The first kappa shape index (κ1) is 31.6. The summed E-state index contributed by atoms with van der Waals surface area (Å²) < 4.78 is 6.78. The second-order valence-electron chi connectivity index (χ2n) is 13.7. The lowest BCUT2D eigenvalue weighted by Gasteiger charge is -2.28. The van der Waals surface area contributed by atoms with Gasteiger partial charge in [-0.15, -0.1) is 0 Å². The summed E-state index contributed by atoms with van der Waals surface area (Å²) in [7, 11) is 0. The van der Waals surface area contributed by atoms with Crippen LogP contribution in [0.1, 0.15) is 0 Å². The van der Waals surface area contributed by atoms with Crippen molar-refractivity contribution in [3.63, 3.8) is 0 Å². The summed E-state index contributed by atoms with van der Waals surface area (Å²) in [6, 6.07) is 75.8. The first-order chi connectivity index (χ1) is 26.8. The topological polar surface area (TPSA) is 16.4 Å². The Bertz CT molecular complexity index is 2890. The van der Waals surface area contributed by atoms with Crippen molar-refractivity contribution in [3.8, 4) is 44.5 Å². The molecule has 10 rings (SSSR count). The average molecular weight is 690 g/mol. The van der Waals surface area contributed by atoms with Gasteiger partial charge in [0, 0.05) is 27.7 Å². The standard InChI is InChI=1S/C52H35NO/c1-3-11-36(12-4-1)39-19-21-40(22-20-39)42-27-31-46(32-28-42)53(45-29-25-41(26-30-45)37-13-5-2-6-14-37)49-34-33-48-47-17-9-10-18-50(47)54-52(48)51(49)44-24-23-38-15-7-8-16-43(38)35-44/h1-35H. The maximum atomic E-state index is 6.78. The van der Waals surface area contributed by atoms with Crippen LogP contribution in [0.4, 0.5) is 17.1 Å². The van der Waals surface area contributed by atoms with Crippen molar-refractivity contribution < 1.29 is 4.42 Å². The maximum absolute atomic E-state index is 6.78. The molecule has 0 bridgehead atoms. The van der Waals surface area contributed by atoms with E-state index < -0.39 is 0 Å². The van der Waals surface area contributed by atoms with Crippen LogP contribution in [0, 0.1) is 0 Å². The number of benzene rings is 9. The lowest BCUT2D eigenvalue weighted by atomic mass is 9.96. The van der Waals surface area contributed by atoms with Crippen LogP contribution in [0.5, 0.6) is 0 Å². The van der Waals surface area contributed by atoms with Crippen LogP contribution in [0.15, 0.2) is 217 Å². The highest BCUT2D eigenvalue weighted by Gasteiger charge is 2.23. The molecule has 1 heterocycles. The van der Waals surface area contributed by atoms with Gasteiger partial charge in [-0.1, -0.05) is 164 Å². The Morgan fingerprint density at radius 2 is 0.778 bits per heavy atom. The molecule has 0 amide bonds. The zero-order chi connectivity index (χ0) is 35.8. The van der Waals surface area contributed by atoms with E-state index in [2.05, 4.69) is 211 Å². The van der Waals surface area contributed by atoms with Gasteiger partial charge in [0.25, 0.3) is 0 Å². The van der Waals surface area contributed by atoms with E-state index in [-0.39, 0.29) is 0 Å². The summed E-state index contributed by atoms with van der Waals surface area (Å²) in [6.07, 6.45) is 0. The van der Waals surface area contributed by atoms with Crippen LogP contribution in [-0.2, 0) is 0 Å². The lowest BCUT2D eigenvalue weighted by molar-refractivity contribution is 0.670. The van der Waals surface area contributed by atoms with Crippen LogP contribution in [0.2, 0.25) is 0 Å². The van der Waals surface area contributed by atoms with Crippen molar-refractivity contribution in [2.24, 2.45) is 0 Å². The SMILES string of the molecule is c1ccc(-c2ccc(-c3ccc(N(c4ccc(-c5ccccc5)cc4)c4ccc5c(oc6ccccc65)c4-c4ccc5ccccc5c4)cc3)cc2)cc1. The van der Waals surface area contributed by atoms with Crippen molar-refractivity contribution in [1.29, 1.82) is 0 Å². The molecular formula is C52H35NO. The van der Waals surface area contributed by atoms with Gasteiger partial charge < -0.3 is 9.32 Å². The minimum absolute atomic E-state index is 0.880. The van der Waals surface area contributed by atoms with Crippen molar-refractivity contribution in [2.45, 2.75) is 0 Å². The molecule has 1 aromatic heterocycles. The van der Waals surface area contributed by atoms with E-state index in [9.17, 15) is 0 Å². The molecule has 0 saturated carbocycles. The molecule has 0 aliphatic rings. The Labute approximate surface area is 314 Å². The van der Waals surface area contributed by atoms with Crippen molar-refractivity contribution in [2.75, 3.05) is 4.90 Å². The van der Waals surface area contributed by atoms with E-state index in [1.165, 1.54) is 44.2 Å². The Hall–Kier alpha value is -7.16. The molecule has 9 aromatic carbocycles. The molecule has 0 aliphatic heterocycles. The zero-order valence-corrected chi connectivity index (χ0v) is 29.6. The van der Waals surface area contributed by atoms with Crippen LogP contribution in [0.25, 0.3) is 77.2 Å². The zero-order valence-electron chi connectivity index (χ0n) is 29.6. The number of furan rings is 1. The van der Waals surface area contributed by atoms with Gasteiger partial charge in [-0.25, -0.2) is 0 Å². The fourth-order valence-corrected chi connectivity index (χ4v) is 7.74. The van der Waals surface area contributed by atoms with Gasteiger partial charge in [0.05, 0.1) is 5.69 Å². The van der Waals surface area contributed by atoms with Gasteiger partial charge in [0.15, 0.2) is 0 Å². The molecule has 0 N–H and O–H groups in total. The highest BCUT2D eigenvalue weighted by molar-refractivity contribution is 6.13. The number of fused-ring (bicyclic) bond motifs is 4. The minimum atomic E-state index is 0.880. The summed E-state index contributed by atoms with van der Waals surface area (Å²) in [4.78, 5) is 2.37. The van der Waals surface area contributed by atoms with Gasteiger partial charge in [0.2, 0.25) is 0 Å². The largest absolute Gasteiger partial charge is 0.455 e. The predicted octanol–water partition coefficient (Wildman–Crippen LogP) is 14.9. The van der Waals surface area contributed by atoms with Crippen LogP contribution >= 0.6 is 0 Å². The fraction of sp³-hybridized carbons (Fsp3) is 0. The Morgan fingerprint density at radius 1 is 0.315 bits per heavy atom. The molecule has 0 fully saturated rings. The number of hydrogen-bond acceptors (Lipinski definition) is 2. The predicted molar refractivity (Wildman–Crippen MR) is 228 cm³/mol. The summed E-state index contributed by atoms with van der Waals surface area (Å²) in [5.41, 5.74) is 14.2. The Kier molecular flexibility index (Phi) is 7.85. The van der Waals surface area contributed by atoms with Crippen LogP contribution < -0.4 is 4.90 Å². The number of hydrogen-bond donors (Lipinski definition) is 0. The second kappa shape index (κ2) is 13.4. The van der Waals surface area contributed by atoms with Gasteiger partial charge in [-0.05, 0) is 98.2 Å². The van der Waals surface area contributed by atoms with Crippen molar-refractivity contribution in [3.05, 3.63) is 212 Å². The first-order valence-corrected chi connectivity index (χ1v) is 18.4. The third kappa shape index (κ3) is 5.71. The molecule has 0 radical (unpaired) electrons. The van der Waals surface area contributed by atoms with E-state index in [0.717, 1.165) is 50.1 Å². The van der Waals surface area contributed by atoms with E-state index in [1.807, 2.05) is 6.07 Å². The van der Waals surface area contributed by atoms with E-state index in [0.29, 0.717) is 0 Å². The highest BCUT2D eigenvalue weighted by atomic mass is 16.3. The molecule has 2 nitrogen and oxygen atoms in total. The quantitative estimate of drug-likeness (QED) is 0.166. The van der Waals surface area contributed by atoms with E-state index in [1.54, 1.807) is 0 Å². The number of anilines is 3. The first-order valence-electron chi connectivity index (χ1n) is 18.4. The fourth-order valence-electron chi connectivity index (χ4n) is 7.74. The molecule has 0 spiro atoms. The van der Waals surface area contributed by atoms with E-state index >= 15 is 0 Å². The molecule has 0 atom stereocenters. The van der Waals surface area contributed by atoms with Gasteiger partial charge in [-0.3, -0.25) is 0 Å². The molecule has 0 aliphatic carbocycles. The molecule has 0 saturated heterocycles. The smallest absolute Gasteiger partial charge is 0.145 e. The normalized spacial score (nSPS) is 11.3. The number of para-hydroxylation sites is 1. The lowest BCUT2D eigenvalue weighted by Crippen LogP contribution is -2.11.